The Morgan fingerprint density at radius 3 is 3.14 bits per heavy atom. The first-order chi connectivity index (χ1) is 6.72. The molecule has 2 unspecified atom stereocenters. The Labute approximate surface area is 82.3 Å². The van der Waals surface area contributed by atoms with Crippen LogP contribution in [0, 0.1) is 12.8 Å². The molecule has 0 spiro atoms. The molecule has 0 aliphatic heterocycles. The summed E-state index contributed by atoms with van der Waals surface area (Å²) in [5.41, 5.74) is 0.876. The molecule has 0 bridgehead atoms. The highest BCUT2D eigenvalue weighted by Gasteiger charge is 2.46. The van der Waals surface area contributed by atoms with Crippen LogP contribution < -0.4 is 0 Å². The highest BCUT2D eigenvalue weighted by molar-refractivity contribution is 5.77. The van der Waals surface area contributed by atoms with E-state index < -0.39 is 0 Å². The first kappa shape index (κ1) is 9.24. The highest BCUT2D eigenvalue weighted by atomic mass is 16.5. The molecule has 0 amide bonds. The lowest BCUT2D eigenvalue weighted by Crippen LogP contribution is -2.07. The number of rotatable bonds is 3. The van der Waals surface area contributed by atoms with Crippen molar-refractivity contribution in [2.24, 2.45) is 5.92 Å². The largest absolute Gasteiger partial charge is 0.466 e. The predicted octanol–water partition coefficient (Wildman–Crippen LogP) is 1.65. The average Bonchev–Trinajstić information content (AvgIpc) is 2.84. The molecule has 76 valence electrons. The first-order valence-electron chi connectivity index (χ1n) is 4.81. The van der Waals surface area contributed by atoms with E-state index in [1.165, 1.54) is 0 Å². The maximum absolute atomic E-state index is 11.3. The number of carbonyl (C=O) groups excluding carboxylic acids is 1. The Hall–Kier alpha value is -1.32. The van der Waals surface area contributed by atoms with E-state index in [-0.39, 0.29) is 17.8 Å². The van der Waals surface area contributed by atoms with Gasteiger partial charge < -0.3 is 9.15 Å². The van der Waals surface area contributed by atoms with Crippen molar-refractivity contribution >= 4 is 5.97 Å². The standard InChI is InChI=1S/C10H13NO3/c1-3-13-10(12)8-4-7(8)9-5-14-6(2)11-9/h5,7-8H,3-4H2,1-2H3. The lowest BCUT2D eigenvalue weighted by Gasteiger charge is -1.98. The third-order valence-corrected chi connectivity index (χ3v) is 2.40. The first-order valence-corrected chi connectivity index (χ1v) is 4.81. The smallest absolute Gasteiger partial charge is 0.309 e. The molecule has 2 atom stereocenters. The van der Waals surface area contributed by atoms with Crippen molar-refractivity contribution in [1.82, 2.24) is 4.98 Å². The van der Waals surface area contributed by atoms with E-state index in [2.05, 4.69) is 4.98 Å². The summed E-state index contributed by atoms with van der Waals surface area (Å²) in [6, 6.07) is 0. The Balaban J connectivity index is 1.96. The molecule has 1 aliphatic rings. The van der Waals surface area contributed by atoms with Crippen LogP contribution in [0.2, 0.25) is 0 Å². The van der Waals surface area contributed by atoms with Crippen LogP contribution in [0.25, 0.3) is 0 Å². The Bertz CT molecular complexity index is 345. The van der Waals surface area contributed by atoms with Gasteiger partial charge in [0, 0.05) is 12.8 Å². The second-order valence-corrected chi connectivity index (χ2v) is 3.49. The van der Waals surface area contributed by atoms with Gasteiger partial charge in [0.15, 0.2) is 5.89 Å². The molecule has 1 saturated carbocycles. The lowest BCUT2D eigenvalue weighted by molar-refractivity contribution is -0.144. The second-order valence-electron chi connectivity index (χ2n) is 3.49. The topological polar surface area (TPSA) is 52.3 Å². The molecule has 0 N–H and O–H groups in total. The fourth-order valence-electron chi connectivity index (χ4n) is 1.58. The van der Waals surface area contributed by atoms with Gasteiger partial charge in [-0.25, -0.2) is 4.98 Å². The summed E-state index contributed by atoms with van der Waals surface area (Å²) in [5.74, 6) is 0.749. The number of aryl methyl sites for hydroxylation is 1. The van der Waals surface area contributed by atoms with Gasteiger partial charge in [-0.1, -0.05) is 0 Å². The van der Waals surface area contributed by atoms with Crippen LogP contribution in [-0.2, 0) is 9.53 Å². The zero-order chi connectivity index (χ0) is 10.1. The van der Waals surface area contributed by atoms with Gasteiger partial charge in [-0.05, 0) is 13.3 Å². The Morgan fingerprint density at radius 1 is 1.79 bits per heavy atom. The number of esters is 1. The maximum atomic E-state index is 11.3. The number of nitrogens with zero attached hydrogens (tertiary/aromatic N) is 1. The van der Waals surface area contributed by atoms with E-state index in [0.717, 1.165) is 12.1 Å². The van der Waals surface area contributed by atoms with Crippen molar-refractivity contribution in [1.29, 1.82) is 0 Å². The fourth-order valence-corrected chi connectivity index (χ4v) is 1.58. The van der Waals surface area contributed by atoms with Crippen LogP contribution in [0.4, 0.5) is 0 Å². The molecule has 1 aromatic heterocycles. The van der Waals surface area contributed by atoms with Gasteiger partial charge in [0.25, 0.3) is 0 Å². The third kappa shape index (κ3) is 1.64. The van der Waals surface area contributed by atoms with E-state index in [1.54, 1.807) is 13.2 Å². The van der Waals surface area contributed by atoms with Crippen molar-refractivity contribution < 1.29 is 13.9 Å². The molecule has 0 aromatic carbocycles. The highest BCUT2D eigenvalue weighted by Crippen LogP contribution is 2.47. The zero-order valence-corrected chi connectivity index (χ0v) is 8.32. The van der Waals surface area contributed by atoms with E-state index in [1.807, 2.05) is 6.92 Å². The van der Waals surface area contributed by atoms with Crippen LogP contribution in [0.15, 0.2) is 10.7 Å². The molecule has 2 rings (SSSR count). The molecule has 0 radical (unpaired) electrons. The zero-order valence-electron chi connectivity index (χ0n) is 8.32. The molecule has 1 fully saturated rings. The van der Waals surface area contributed by atoms with E-state index in [4.69, 9.17) is 9.15 Å². The molecule has 4 heteroatoms. The SMILES string of the molecule is CCOC(=O)C1CC1c1coc(C)n1. The fraction of sp³-hybridized carbons (Fsp3) is 0.600. The monoisotopic (exact) mass is 195 g/mol. The molecule has 0 saturated heterocycles. The van der Waals surface area contributed by atoms with Gasteiger partial charge in [-0.15, -0.1) is 0 Å². The van der Waals surface area contributed by atoms with E-state index in [9.17, 15) is 4.79 Å². The van der Waals surface area contributed by atoms with Gasteiger partial charge in [0.05, 0.1) is 18.2 Å². The molecule has 1 aliphatic carbocycles. The van der Waals surface area contributed by atoms with Crippen molar-refractivity contribution in [2.75, 3.05) is 6.61 Å². The van der Waals surface area contributed by atoms with Crippen LogP contribution in [0.1, 0.15) is 30.8 Å². The average molecular weight is 195 g/mol. The molecular weight excluding hydrogens is 182 g/mol. The second kappa shape index (κ2) is 3.44. The molecule has 1 heterocycles. The summed E-state index contributed by atoms with van der Waals surface area (Å²) in [6.45, 7) is 4.06. The summed E-state index contributed by atoms with van der Waals surface area (Å²) in [7, 11) is 0. The summed E-state index contributed by atoms with van der Waals surface area (Å²) >= 11 is 0. The van der Waals surface area contributed by atoms with Crippen LogP contribution in [-0.4, -0.2) is 17.6 Å². The third-order valence-electron chi connectivity index (χ3n) is 2.40. The van der Waals surface area contributed by atoms with Gasteiger partial charge in [0.1, 0.15) is 6.26 Å². The minimum atomic E-state index is -0.113. The lowest BCUT2D eigenvalue weighted by atomic mass is 10.2. The van der Waals surface area contributed by atoms with Gasteiger partial charge in [-0.2, -0.15) is 0 Å². The van der Waals surface area contributed by atoms with Gasteiger partial charge >= 0.3 is 5.97 Å². The maximum Gasteiger partial charge on any atom is 0.309 e. The van der Waals surface area contributed by atoms with Crippen molar-refractivity contribution in [3.8, 4) is 0 Å². The molecular formula is C10H13NO3. The van der Waals surface area contributed by atoms with Gasteiger partial charge in [-0.3, -0.25) is 4.79 Å². The van der Waals surface area contributed by atoms with Crippen molar-refractivity contribution in [3.63, 3.8) is 0 Å². The summed E-state index contributed by atoms with van der Waals surface area (Å²) in [5, 5.41) is 0. The number of oxazole rings is 1. The Kier molecular flexibility index (Phi) is 2.27. The van der Waals surface area contributed by atoms with E-state index in [0.29, 0.717) is 12.5 Å². The molecule has 1 aromatic rings. The minimum absolute atomic E-state index is 0.000509. The number of hydrogen-bond acceptors (Lipinski definition) is 4. The van der Waals surface area contributed by atoms with Crippen molar-refractivity contribution in [3.05, 3.63) is 17.8 Å². The molecule has 14 heavy (non-hydrogen) atoms. The number of ether oxygens (including phenoxy) is 1. The number of aromatic nitrogens is 1. The van der Waals surface area contributed by atoms with Gasteiger partial charge in [0.2, 0.25) is 0 Å². The number of carbonyl (C=O) groups is 1. The summed E-state index contributed by atoms with van der Waals surface area (Å²) in [6.07, 6.45) is 2.46. The van der Waals surface area contributed by atoms with E-state index >= 15 is 0 Å². The minimum Gasteiger partial charge on any atom is -0.466 e. The Morgan fingerprint density at radius 2 is 2.57 bits per heavy atom. The van der Waals surface area contributed by atoms with Crippen LogP contribution in [0.3, 0.4) is 0 Å². The number of hydrogen-bond donors (Lipinski definition) is 0. The predicted molar refractivity (Wildman–Crippen MR) is 48.7 cm³/mol. The quantitative estimate of drug-likeness (QED) is 0.688. The normalized spacial score (nSPS) is 24.7. The van der Waals surface area contributed by atoms with Crippen LogP contribution >= 0.6 is 0 Å². The summed E-state index contributed by atoms with van der Waals surface area (Å²) < 4.78 is 10.0. The summed E-state index contributed by atoms with van der Waals surface area (Å²) in [4.78, 5) is 15.5. The van der Waals surface area contributed by atoms with Crippen molar-refractivity contribution in [2.45, 2.75) is 26.2 Å². The van der Waals surface area contributed by atoms with Crippen LogP contribution in [0.5, 0.6) is 0 Å². The molecule has 4 nitrogen and oxygen atoms in total.